The third-order valence-corrected chi connectivity index (χ3v) is 10.4. The number of thiazole rings is 1. The maximum Gasteiger partial charge on any atom is 0.308 e. The lowest BCUT2D eigenvalue weighted by molar-refractivity contribution is -0.149. The summed E-state index contributed by atoms with van der Waals surface area (Å²) in [5.41, 5.74) is 1.92. The standard InChI is InChI=1S/C35H47FN4O6S/c1-6-45-32(43)22-11-13-25(14-12-22)46-27-18-23(28-21(2)38-20-47-28)9-10-24(27)19-37-30(41)26-8-7-17-40(26)31(42)29(34(3,4)5)39-33(44)35(36)15-16-35/h9-10,18,20,22,25-26,29H,6-8,11-17,19H2,1-5H3,(H,37,41)(H,39,44). The number of benzene rings is 1. The molecule has 3 aliphatic rings. The Balaban J connectivity index is 1.28. The van der Waals surface area contributed by atoms with Gasteiger partial charge in [0, 0.05) is 18.7 Å². The summed E-state index contributed by atoms with van der Waals surface area (Å²) in [4.78, 5) is 59.2. The topological polar surface area (TPSA) is 127 Å². The fourth-order valence-corrected chi connectivity index (χ4v) is 7.20. The van der Waals surface area contributed by atoms with Crippen molar-refractivity contribution in [2.24, 2.45) is 11.3 Å². The molecule has 5 rings (SSSR count). The van der Waals surface area contributed by atoms with Crippen molar-refractivity contribution in [1.82, 2.24) is 20.5 Å². The van der Waals surface area contributed by atoms with Gasteiger partial charge in [-0.1, -0.05) is 32.9 Å². The number of nitrogens with zero attached hydrogens (tertiary/aromatic N) is 2. The Morgan fingerprint density at radius 1 is 1.13 bits per heavy atom. The molecule has 2 atom stereocenters. The van der Waals surface area contributed by atoms with Crippen molar-refractivity contribution in [1.29, 1.82) is 0 Å². The van der Waals surface area contributed by atoms with Crippen LogP contribution in [-0.2, 0) is 30.5 Å². The molecule has 1 aromatic carbocycles. The number of halogens is 1. The summed E-state index contributed by atoms with van der Waals surface area (Å²) < 4.78 is 26.3. The molecule has 47 heavy (non-hydrogen) atoms. The number of esters is 1. The van der Waals surface area contributed by atoms with Gasteiger partial charge in [0.2, 0.25) is 11.8 Å². The zero-order valence-corrected chi connectivity index (χ0v) is 28.8. The largest absolute Gasteiger partial charge is 0.490 e. The zero-order chi connectivity index (χ0) is 33.9. The zero-order valence-electron chi connectivity index (χ0n) is 28.0. The Bertz CT molecular complexity index is 1480. The van der Waals surface area contributed by atoms with Gasteiger partial charge in [-0.15, -0.1) is 11.3 Å². The van der Waals surface area contributed by atoms with E-state index in [-0.39, 0.29) is 49.2 Å². The number of hydrogen-bond donors (Lipinski definition) is 2. The number of carbonyl (C=O) groups is 4. The number of rotatable bonds is 11. The Kier molecular flexibility index (Phi) is 10.6. The molecule has 1 aromatic heterocycles. The second-order valence-electron chi connectivity index (χ2n) is 14.1. The Labute approximate surface area is 280 Å². The summed E-state index contributed by atoms with van der Waals surface area (Å²) in [5.74, 6) is -1.03. The number of hydrogen-bond acceptors (Lipinski definition) is 8. The number of aromatic nitrogens is 1. The first-order valence-corrected chi connectivity index (χ1v) is 17.6. The third kappa shape index (κ3) is 8.13. The van der Waals surface area contributed by atoms with Gasteiger partial charge in [-0.25, -0.2) is 9.37 Å². The van der Waals surface area contributed by atoms with Crippen molar-refractivity contribution in [3.8, 4) is 16.2 Å². The van der Waals surface area contributed by atoms with Crippen molar-refractivity contribution >= 4 is 35.0 Å². The lowest BCUT2D eigenvalue weighted by Crippen LogP contribution is -2.58. The molecule has 2 heterocycles. The van der Waals surface area contributed by atoms with Crippen LogP contribution >= 0.6 is 11.3 Å². The number of likely N-dealkylation sites (tertiary alicyclic amines) is 1. The summed E-state index contributed by atoms with van der Waals surface area (Å²) in [5, 5.41) is 5.68. The molecule has 2 aromatic rings. The van der Waals surface area contributed by atoms with E-state index in [0.29, 0.717) is 57.4 Å². The van der Waals surface area contributed by atoms with E-state index in [1.165, 1.54) is 4.90 Å². The van der Waals surface area contributed by atoms with Gasteiger partial charge in [0.1, 0.15) is 17.8 Å². The van der Waals surface area contributed by atoms with Crippen LogP contribution < -0.4 is 15.4 Å². The van der Waals surface area contributed by atoms with Crippen molar-refractivity contribution in [2.75, 3.05) is 13.2 Å². The van der Waals surface area contributed by atoms with Crippen LogP contribution in [0.4, 0.5) is 4.39 Å². The van der Waals surface area contributed by atoms with Gasteiger partial charge in [0.05, 0.1) is 34.7 Å². The molecule has 256 valence electrons. The molecule has 3 amide bonds. The van der Waals surface area contributed by atoms with Gasteiger partial charge in [0.15, 0.2) is 5.67 Å². The highest BCUT2D eigenvalue weighted by Crippen LogP contribution is 2.40. The van der Waals surface area contributed by atoms with Crippen LogP contribution in [0, 0.1) is 18.3 Å². The first-order valence-electron chi connectivity index (χ1n) is 16.8. The third-order valence-electron chi connectivity index (χ3n) is 9.44. The molecular weight excluding hydrogens is 623 g/mol. The van der Waals surface area contributed by atoms with Crippen LogP contribution in [0.25, 0.3) is 10.4 Å². The van der Waals surface area contributed by atoms with Crippen LogP contribution in [-0.4, -0.2) is 70.6 Å². The number of amides is 3. The Morgan fingerprint density at radius 3 is 2.47 bits per heavy atom. The van der Waals surface area contributed by atoms with Crippen molar-refractivity contribution < 1.29 is 33.0 Å². The molecule has 12 heteroatoms. The SMILES string of the molecule is CCOC(=O)C1CCC(Oc2cc(-c3scnc3C)ccc2CNC(=O)C2CCCN2C(=O)C(NC(=O)C2(F)CC2)C(C)(C)C)CC1. The van der Waals surface area contributed by atoms with E-state index in [0.717, 1.165) is 21.7 Å². The molecule has 1 saturated heterocycles. The fourth-order valence-electron chi connectivity index (χ4n) is 6.40. The molecule has 0 spiro atoms. The number of nitrogens with one attached hydrogen (secondary N) is 2. The van der Waals surface area contributed by atoms with Gasteiger partial charge >= 0.3 is 5.97 Å². The lowest BCUT2D eigenvalue weighted by atomic mass is 9.85. The van der Waals surface area contributed by atoms with Gasteiger partial charge < -0.3 is 25.0 Å². The molecule has 0 radical (unpaired) electrons. The highest BCUT2D eigenvalue weighted by Gasteiger charge is 2.53. The van der Waals surface area contributed by atoms with Crippen LogP contribution in [0.1, 0.15) is 90.3 Å². The smallest absolute Gasteiger partial charge is 0.308 e. The minimum Gasteiger partial charge on any atom is -0.490 e. The quantitative estimate of drug-likeness (QED) is 0.313. The van der Waals surface area contributed by atoms with Gasteiger partial charge in [-0.05, 0) is 82.3 Å². The fraction of sp³-hybridized carbons (Fsp3) is 0.629. The predicted molar refractivity (Wildman–Crippen MR) is 176 cm³/mol. The van der Waals surface area contributed by atoms with Crippen LogP contribution in [0.3, 0.4) is 0 Å². The molecule has 2 saturated carbocycles. The molecule has 1 aliphatic heterocycles. The minimum absolute atomic E-state index is 0.0838. The van der Waals surface area contributed by atoms with Crippen LogP contribution in [0.2, 0.25) is 0 Å². The van der Waals surface area contributed by atoms with E-state index in [1.54, 1.807) is 11.3 Å². The summed E-state index contributed by atoms with van der Waals surface area (Å²) in [6, 6.07) is 4.26. The molecule has 2 N–H and O–H groups in total. The number of carbonyl (C=O) groups excluding carboxylic acids is 4. The van der Waals surface area contributed by atoms with Crippen molar-refractivity contribution in [2.45, 2.75) is 116 Å². The van der Waals surface area contributed by atoms with E-state index < -0.39 is 29.1 Å². The Morgan fingerprint density at radius 2 is 1.85 bits per heavy atom. The van der Waals surface area contributed by atoms with E-state index in [9.17, 15) is 23.6 Å². The van der Waals surface area contributed by atoms with Crippen LogP contribution in [0.15, 0.2) is 23.7 Å². The summed E-state index contributed by atoms with van der Waals surface area (Å²) in [6.45, 7) is 10.2. The molecule has 2 aliphatic carbocycles. The van der Waals surface area contributed by atoms with Gasteiger partial charge in [-0.2, -0.15) is 0 Å². The lowest BCUT2D eigenvalue weighted by Gasteiger charge is -2.35. The second-order valence-corrected chi connectivity index (χ2v) is 14.9. The van der Waals surface area contributed by atoms with E-state index in [4.69, 9.17) is 9.47 Å². The average molecular weight is 671 g/mol. The molecule has 10 nitrogen and oxygen atoms in total. The highest BCUT2D eigenvalue weighted by molar-refractivity contribution is 7.13. The normalized spacial score (nSPS) is 22.7. The maximum atomic E-state index is 14.5. The van der Waals surface area contributed by atoms with E-state index in [2.05, 4.69) is 15.6 Å². The summed E-state index contributed by atoms with van der Waals surface area (Å²) in [6.07, 6.45) is 4.18. The predicted octanol–water partition coefficient (Wildman–Crippen LogP) is 5.26. The number of aryl methyl sites for hydroxylation is 1. The first-order chi connectivity index (χ1) is 22.3. The second kappa shape index (κ2) is 14.3. The van der Waals surface area contributed by atoms with Crippen molar-refractivity contribution in [3.05, 3.63) is 35.0 Å². The molecule has 0 bridgehead atoms. The first kappa shape index (κ1) is 34.8. The van der Waals surface area contributed by atoms with Crippen LogP contribution in [0.5, 0.6) is 5.75 Å². The highest BCUT2D eigenvalue weighted by atomic mass is 32.1. The number of alkyl halides is 1. The number of ether oxygens (including phenoxy) is 2. The van der Waals surface area contributed by atoms with Crippen molar-refractivity contribution in [3.63, 3.8) is 0 Å². The summed E-state index contributed by atoms with van der Waals surface area (Å²) in [7, 11) is 0. The van der Waals surface area contributed by atoms with Gasteiger partial charge in [0.25, 0.3) is 5.91 Å². The maximum absolute atomic E-state index is 14.5. The summed E-state index contributed by atoms with van der Waals surface area (Å²) >= 11 is 1.55. The monoisotopic (exact) mass is 670 g/mol. The molecule has 2 unspecified atom stereocenters. The van der Waals surface area contributed by atoms with E-state index >= 15 is 0 Å². The van der Waals surface area contributed by atoms with E-state index in [1.807, 2.05) is 58.3 Å². The minimum atomic E-state index is -1.90. The van der Waals surface area contributed by atoms with Gasteiger partial charge in [-0.3, -0.25) is 19.2 Å². The Hall–Kier alpha value is -3.54. The molecule has 3 fully saturated rings. The molecular formula is C35H47FN4O6S. The average Bonchev–Trinajstić information content (AvgIpc) is 3.39.